The molecule has 0 aliphatic rings. The quantitative estimate of drug-likeness (QED) is 0.224. The maximum absolute atomic E-state index is 8.59. The Labute approximate surface area is 118 Å². The smallest absolute Gasteiger partial charge is 0.170 e. The zero-order valence-corrected chi connectivity index (χ0v) is 11.8. The molecule has 4 N–H and O–H groups in total. The Hall–Kier alpha value is -1.30. The van der Waals surface area contributed by atoms with Gasteiger partial charge in [0.15, 0.2) is 5.84 Å². The zero-order chi connectivity index (χ0) is 14.1. The highest BCUT2D eigenvalue weighted by Gasteiger charge is 2.04. The summed E-state index contributed by atoms with van der Waals surface area (Å²) in [6, 6.07) is 5.33. The van der Waals surface area contributed by atoms with Gasteiger partial charge in [0.05, 0.1) is 0 Å². The first-order valence-electron chi connectivity index (χ1n) is 6.23. The molecule has 0 aliphatic heterocycles. The van der Waals surface area contributed by atoms with Gasteiger partial charge in [-0.1, -0.05) is 28.9 Å². The fourth-order valence-electron chi connectivity index (χ4n) is 1.57. The second-order valence-corrected chi connectivity index (χ2v) is 4.43. The van der Waals surface area contributed by atoms with E-state index >= 15 is 0 Å². The van der Waals surface area contributed by atoms with Crippen molar-refractivity contribution < 1.29 is 9.94 Å². The Bertz CT molecular complexity index is 424. The van der Waals surface area contributed by atoms with Crippen molar-refractivity contribution in [1.29, 1.82) is 0 Å². The number of hydrogen-bond acceptors (Lipinski definition) is 4. The average molecular weight is 286 g/mol. The molecule has 5 nitrogen and oxygen atoms in total. The molecule has 0 amide bonds. The first-order chi connectivity index (χ1) is 9.19. The molecule has 0 aromatic heterocycles. The standard InChI is InChI=1S/C13H20ClN3O2/c1-2-19-7-3-6-16-9-11-5-4-10(8-12(11)14)13(15)17-18/h4-5,8,16,18H,2-3,6-7,9H2,1H3,(H2,15,17). The van der Waals surface area contributed by atoms with Crippen LogP contribution in [0.3, 0.4) is 0 Å². The van der Waals surface area contributed by atoms with E-state index in [-0.39, 0.29) is 5.84 Å². The van der Waals surface area contributed by atoms with Crippen molar-refractivity contribution in [3.8, 4) is 0 Å². The number of halogens is 1. The molecule has 1 aromatic rings. The van der Waals surface area contributed by atoms with Gasteiger partial charge in [-0.25, -0.2) is 0 Å². The molecule has 0 fully saturated rings. The highest BCUT2D eigenvalue weighted by atomic mass is 35.5. The van der Waals surface area contributed by atoms with Crippen LogP contribution in [0.15, 0.2) is 23.4 Å². The molecule has 0 unspecified atom stereocenters. The van der Waals surface area contributed by atoms with Crippen LogP contribution < -0.4 is 11.1 Å². The number of nitrogens with zero attached hydrogens (tertiary/aromatic N) is 1. The molecule has 19 heavy (non-hydrogen) atoms. The Morgan fingerprint density at radius 1 is 1.53 bits per heavy atom. The summed E-state index contributed by atoms with van der Waals surface area (Å²) >= 11 is 6.14. The molecule has 6 heteroatoms. The van der Waals surface area contributed by atoms with Gasteiger partial charge >= 0.3 is 0 Å². The molecule has 0 spiro atoms. The fourth-order valence-corrected chi connectivity index (χ4v) is 1.82. The van der Waals surface area contributed by atoms with E-state index in [1.165, 1.54) is 0 Å². The van der Waals surface area contributed by atoms with Crippen LogP contribution in [0.4, 0.5) is 0 Å². The summed E-state index contributed by atoms with van der Waals surface area (Å²) in [7, 11) is 0. The van der Waals surface area contributed by atoms with Crippen LogP contribution in [0, 0.1) is 0 Å². The molecule has 1 rings (SSSR count). The minimum Gasteiger partial charge on any atom is -0.409 e. The lowest BCUT2D eigenvalue weighted by Crippen LogP contribution is -2.17. The van der Waals surface area contributed by atoms with Crippen molar-refractivity contribution in [2.24, 2.45) is 10.9 Å². The molecule has 0 saturated carbocycles. The van der Waals surface area contributed by atoms with E-state index in [9.17, 15) is 0 Å². The minimum absolute atomic E-state index is 0.0538. The van der Waals surface area contributed by atoms with Crippen molar-refractivity contribution in [3.05, 3.63) is 34.3 Å². The summed E-state index contributed by atoms with van der Waals surface area (Å²) in [4.78, 5) is 0. The van der Waals surface area contributed by atoms with E-state index in [2.05, 4.69) is 10.5 Å². The van der Waals surface area contributed by atoms with E-state index in [0.717, 1.165) is 31.7 Å². The van der Waals surface area contributed by atoms with Crippen LogP contribution >= 0.6 is 11.6 Å². The molecule has 0 atom stereocenters. The van der Waals surface area contributed by atoms with Crippen LogP contribution in [0.2, 0.25) is 5.02 Å². The van der Waals surface area contributed by atoms with E-state index < -0.39 is 0 Å². The lowest BCUT2D eigenvalue weighted by Gasteiger charge is -2.08. The SMILES string of the molecule is CCOCCCNCc1ccc(/C(N)=N/O)cc1Cl. The normalized spacial score (nSPS) is 11.8. The van der Waals surface area contributed by atoms with Gasteiger partial charge in [0, 0.05) is 30.3 Å². The zero-order valence-electron chi connectivity index (χ0n) is 11.0. The van der Waals surface area contributed by atoms with Gasteiger partial charge in [0.2, 0.25) is 0 Å². The molecule has 0 radical (unpaired) electrons. The number of nitrogens with one attached hydrogen (secondary N) is 1. The van der Waals surface area contributed by atoms with Gasteiger partial charge in [0.1, 0.15) is 0 Å². The summed E-state index contributed by atoms with van der Waals surface area (Å²) in [5.74, 6) is 0.0538. The maximum Gasteiger partial charge on any atom is 0.170 e. The third-order valence-corrected chi connectivity index (χ3v) is 2.97. The summed E-state index contributed by atoms with van der Waals surface area (Å²) < 4.78 is 5.25. The first-order valence-corrected chi connectivity index (χ1v) is 6.61. The number of benzene rings is 1. The minimum atomic E-state index is 0.0538. The summed E-state index contributed by atoms with van der Waals surface area (Å²) in [6.07, 6.45) is 0.966. The largest absolute Gasteiger partial charge is 0.409 e. The fraction of sp³-hybridized carbons (Fsp3) is 0.462. The molecule has 0 bridgehead atoms. The predicted molar refractivity (Wildman–Crippen MR) is 76.8 cm³/mol. The van der Waals surface area contributed by atoms with Crippen LogP contribution in [0.25, 0.3) is 0 Å². The Kier molecular flexibility index (Phi) is 7.25. The Balaban J connectivity index is 2.43. The summed E-state index contributed by atoms with van der Waals surface area (Å²) in [5, 5.41) is 15.4. The maximum atomic E-state index is 8.59. The topological polar surface area (TPSA) is 79.9 Å². The summed E-state index contributed by atoms with van der Waals surface area (Å²) in [6.45, 7) is 5.05. The second kappa shape index (κ2) is 8.74. The number of ether oxygens (including phenoxy) is 1. The molecule has 0 aliphatic carbocycles. The second-order valence-electron chi connectivity index (χ2n) is 4.02. The number of hydrogen-bond donors (Lipinski definition) is 3. The van der Waals surface area contributed by atoms with Crippen LogP contribution in [0.1, 0.15) is 24.5 Å². The third-order valence-electron chi connectivity index (χ3n) is 2.62. The van der Waals surface area contributed by atoms with Gasteiger partial charge in [-0.15, -0.1) is 0 Å². The summed E-state index contributed by atoms with van der Waals surface area (Å²) in [5.41, 5.74) is 7.08. The monoisotopic (exact) mass is 285 g/mol. The van der Waals surface area contributed by atoms with Crippen molar-refractivity contribution in [2.45, 2.75) is 19.9 Å². The Morgan fingerprint density at radius 3 is 2.95 bits per heavy atom. The number of amidine groups is 1. The van der Waals surface area contributed by atoms with E-state index in [1.807, 2.05) is 13.0 Å². The number of nitrogens with two attached hydrogens (primary N) is 1. The van der Waals surface area contributed by atoms with Gasteiger partial charge in [-0.2, -0.15) is 0 Å². The molecule has 106 valence electrons. The molecule has 0 saturated heterocycles. The Morgan fingerprint density at radius 2 is 2.32 bits per heavy atom. The van der Waals surface area contributed by atoms with Crippen molar-refractivity contribution in [2.75, 3.05) is 19.8 Å². The molecular formula is C13H20ClN3O2. The van der Waals surface area contributed by atoms with Crippen LogP contribution in [-0.2, 0) is 11.3 Å². The van der Waals surface area contributed by atoms with Gasteiger partial charge in [-0.05, 0) is 31.5 Å². The van der Waals surface area contributed by atoms with Gasteiger partial charge < -0.3 is 21.0 Å². The van der Waals surface area contributed by atoms with Crippen LogP contribution in [0.5, 0.6) is 0 Å². The average Bonchev–Trinajstić information content (AvgIpc) is 2.43. The van der Waals surface area contributed by atoms with Gasteiger partial charge in [-0.3, -0.25) is 0 Å². The highest BCUT2D eigenvalue weighted by molar-refractivity contribution is 6.31. The number of oxime groups is 1. The van der Waals surface area contributed by atoms with E-state index in [0.29, 0.717) is 17.1 Å². The van der Waals surface area contributed by atoms with Crippen LogP contribution in [-0.4, -0.2) is 30.8 Å². The predicted octanol–water partition coefficient (Wildman–Crippen LogP) is 1.95. The lowest BCUT2D eigenvalue weighted by molar-refractivity contribution is 0.144. The van der Waals surface area contributed by atoms with Crippen molar-refractivity contribution in [1.82, 2.24) is 5.32 Å². The van der Waals surface area contributed by atoms with Crippen molar-refractivity contribution in [3.63, 3.8) is 0 Å². The van der Waals surface area contributed by atoms with Gasteiger partial charge in [0.25, 0.3) is 0 Å². The number of rotatable bonds is 8. The van der Waals surface area contributed by atoms with E-state index in [4.69, 9.17) is 27.3 Å². The highest BCUT2D eigenvalue weighted by Crippen LogP contribution is 2.17. The van der Waals surface area contributed by atoms with E-state index in [1.54, 1.807) is 12.1 Å². The molecule has 1 aromatic carbocycles. The third kappa shape index (κ3) is 5.46. The molecular weight excluding hydrogens is 266 g/mol. The van der Waals surface area contributed by atoms with Crippen molar-refractivity contribution >= 4 is 17.4 Å². The lowest BCUT2D eigenvalue weighted by atomic mass is 10.1. The molecule has 0 heterocycles. The first kappa shape index (κ1) is 15.8.